The number of carbonyl (C=O) groups excluding carboxylic acids is 6. The maximum atomic E-state index is 14.0. The summed E-state index contributed by atoms with van der Waals surface area (Å²) in [6, 6.07) is 3.75. The van der Waals surface area contributed by atoms with E-state index in [0.717, 1.165) is 19.3 Å². The maximum Gasteiger partial charge on any atom is 0.245 e. The first-order valence-electron chi connectivity index (χ1n) is 22.7. The molecule has 3 rings (SSSR count). The van der Waals surface area contributed by atoms with E-state index in [1.54, 1.807) is 26.0 Å². The number of benzene rings is 2. The molecule has 1 heterocycles. The van der Waals surface area contributed by atoms with Gasteiger partial charge < -0.3 is 41.5 Å². The van der Waals surface area contributed by atoms with E-state index in [2.05, 4.69) is 17.6 Å². The maximum absolute atomic E-state index is 14.0. The molecule has 2 aromatic rings. The molecule has 0 unspecified atom stereocenters. The molecule has 0 radical (unpaired) electrons. The van der Waals surface area contributed by atoms with E-state index in [-0.39, 0.29) is 71.9 Å². The summed E-state index contributed by atoms with van der Waals surface area (Å²) >= 11 is 0. The SMILES string of the molecule is CCCCCCCCCCCCCCCC(=O)N(C)[C@H](CO)C(=O)N[C@H](C)C(=O)CCC(=O)N(C)[C@@H]1C(=O)C[C@@H](C)C(=O)N[C@H](C)Cc2cc(N)c(O)c(c2)-c2cc1ccc2O. The molecular formula is C48H73N5O9. The second kappa shape index (κ2) is 25.8. The Bertz CT molecular complexity index is 1830. The Balaban J connectivity index is 1.59. The lowest BCUT2D eigenvalue weighted by Crippen LogP contribution is -2.53. The summed E-state index contributed by atoms with van der Waals surface area (Å²) in [6.07, 6.45) is 15.1. The molecule has 1 aliphatic heterocycles. The summed E-state index contributed by atoms with van der Waals surface area (Å²) in [5.74, 6) is -4.07. The van der Waals surface area contributed by atoms with Crippen molar-refractivity contribution in [2.75, 3.05) is 26.4 Å². The Labute approximate surface area is 368 Å². The summed E-state index contributed by atoms with van der Waals surface area (Å²) in [5, 5.41) is 37.4. The molecule has 2 aromatic carbocycles. The number of aliphatic hydroxyl groups is 1. The highest BCUT2D eigenvalue weighted by molar-refractivity contribution is 5.96. The van der Waals surface area contributed by atoms with Crippen LogP contribution in [0, 0.1) is 5.92 Å². The smallest absolute Gasteiger partial charge is 0.245 e. The zero-order valence-electron chi connectivity index (χ0n) is 38.0. The van der Waals surface area contributed by atoms with Gasteiger partial charge in [0.1, 0.15) is 23.6 Å². The molecule has 5 atom stereocenters. The van der Waals surface area contributed by atoms with Crippen LogP contribution in [0.15, 0.2) is 30.3 Å². The number of phenolic OH excluding ortho intramolecular Hbond substituents is 2. The van der Waals surface area contributed by atoms with E-state index >= 15 is 0 Å². The van der Waals surface area contributed by atoms with Gasteiger partial charge in [0.05, 0.1) is 18.3 Å². The lowest BCUT2D eigenvalue weighted by molar-refractivity contribution is -0.141. The van der Waals surface area contributed by atoms with Crippen LogP contribution in [0.5, 0.6) is 11.5 Å². The number of amides is 4. The Kier molecular flexibility index (Phi) is 21.4. The number of nitrogens with one attached hydrogen (secondary N) is 2. The van der Waals surface area contributed by atoms with Crippen molar-refractivity contribution in [3.63, 3.8) is 0 Å². The zero-order chi connectivity index (χ0) is 45.9. The van der Waals surface area contributed by atoms with Crippen molar-refractivity contribution < 1.29 is 44.1 Å². The number of ketones is 2. The van der Waals surface area contributed by atoms with Gasteiger partial charge in [0.15, 0.2) is 11.6 Å². The van der Waals surface area contributed by atoms with Crippen molar-refractivity contribution in [1.82, 2.24) is 20.4 Å². The summed E-state index contributed by atoms with van der Waals surface area (Å²) in [4.78, 5) is 82.7. The van der Waals surface area contributed by atoms with Crippen LogP contribution in [0.2, 0.25) is 0 Å². The number of hydrogen-bond acceptors (Lipinski definition) is 10. The lowest BCUT2D eigenvalue weighted by Gasteiger charge is -2.30. The fourth-order valence-corrected chi connectivity index (χ4v) is 8.09. The third-order valence-electron chi connectivity index (χ3n) is 12.1. The minimum absolute atomic E-state index is 0.0592. The van der Waals surface area contributed by atoms with Crippen LogP contribution < -0.4 is 16.4 Å². The van der Waals surface area contributed by atoms with Crippen molar-refractivity contribution in [3.05, 3.63) is 41.5 Å². The van der Waals surface area contributed by atoms with Gasteiger partial charge in [0.2, 0.25) is 23.6 Å². The van der Waals surface area contributed by atoms with Crippen molar-refractivity contribution in [2.24, 2.45) is 5.92 Å². The average molecular weight is 864 g/mol. The quantitative estimate of drug-likeness (QED) is 0.0397. The molecular weight excluding hydrogens is 791 g/mol. The van der Waals surface area contributed by atoms with Gasteiger partial charge in [-0.1, -0.05) is 97.0 Å². The van der Waals surface area contributed by atoms with E-state index in [9.17, 15) is 44.1 Å². The summed E-state index contributed by atoms with van der Waals surface area (Å²) in [7, 11) is 2.87. The Morgan fingerprint density at radius 3 is 2.00 bits per heavy atom. The van der Waals surface area contributed by atoms with Crippen LogP contribution in [-0.4, -0.2) is 99.1 Å². The molecule has 14 nitrogen and oxygen atoms in total. The van der Waals surface area contributed by atoms with Crippen molar-refractivity contribution >= 4 is 40.9 Å². The first-order valence-corrected chi connectivity index (χ1v) is 22.7. The number of nitrogens with zero attached hydrogens (tertiary/aromatic N) is 2. The minimum atomic E-state index is -1.23. The molecule has 62 heavy (non-hydrogen) atoms. The number of nitrogens with two attached hydrogens (primary N) is 1. The van der Waals surface area contributed by atoms with Gasteiger partial charge >= 0.3 is 0 Å². The van der Waals surface area contributed by atoms with Gasteiger partial charge in [-0.25, -0.2) is 0 Å². The van der Waals surface area contributed by atoms with E-state index < -0.39 is 54.0 Å². The molecule has 4 bridgehead atoms. The number of hydrogen-bond donors (Lipinski definition) is 6. The standard InChI is InChI=1S/C48H73N5O9/c1-7-8-9-10-11-12-13-14-15-16-17-18-19-20-43(58)52(5)39(30-54)48(62)51-33(4)40(55)23-24-44(59)53(6)45-35-21-22-41(56)36(29-35)37-27-34(28-38(49)46(37)60)26-32(3)50-47(61)31(2)25-42(45)57/h21-22,27-29,31-33,39,45,54,56,60H,7-20,23-26,30,49H2,1-6H3,(H,50,61)(H,51,62)/t31-,32-,33-,39-,45+/m1/s1. The summed E-state index contributed by atoms with van der Waals surface area (Å²) in [6.45, 7) is 6.47. The molecule has 4 amide bonds. The molecule has 0 fully saturated rings. The van der Waals surface area contributed by atoms with Crippen molar-refractivity contribution in [1.29, 1.82) is 0 Å². The van der Waals surface area contributed by atoms with Crippen LogP contribution >= 0.6 is 0 Å². The number of rotatable bonds is 23. The fraction of sp³-hybridized carbons (Fsp3) is 0.625. The number of nitrogen functional groups attached to an aromatic ring is 1. The Morgan fingerprint density at radius 1 is 0.806 bits per heavy atom. The molecule has 344 valence electrons. The number of unbranched alkanes of at least 4 members (excludes halogenated alkanes) is 12. The van der Waals surface area contributed by atoms with E-state index in [1.165, 1.54) is 107 Å². The summed E-state index contributed by atoms with van der Waals surface area (Å²) in [5.41, 5.74) is 7.60. The Morgan fingerprint density at radius 2 is 1.40 bits per heavy atom. The predicted octanol–water partition coefficient (Wildman–Crippen LogP) is 6.66. The summed E-state index contributed by atoms with van der Waals surface area (Å²) < 4.78 is 0. The number of likely N-dealkylation sites (N-methyl/N-ethyl adjacent to an activating group) is 2. The predicted molar refractivity (Wildman–Crippen MR) is 241 cm³/mol. The van der Waals surface area contributed by atoms with E-state index in [1.807, 2.05) is 0 Å². The van der Waals surface area contributed by atoms with Crippen LogP contribution in [0.1, 0.15) is 154 Å². The molecule has 0 saturated heterocycles. The largest absolute Gasteiger partial charge is 0.507 e. The van der Waals surface area contributed by atoms with E-state index in [0.29, 0.717) is 24.0 Å². The normalized spacial score (nSPS) is 17.6. The van der Waals surface area contributed by atoms with Crippen LogP contribution in [0.25, 0.3) is 11.1 Å². The van der Waals surface area contributed by atoms with Gasteiger partial charge in [-0.05, 0) is 62.1 Å². The average Bonchev–Trinajstić information content (AvgIpc) is 3.22. The number of anilines is 1. The first kappa shape index (κ1) is 51.4. The Hall–Kier alpha value is -4.98. The van der Waals surface area contributed by atoms with Gasteiger partial charge in [0.25, 0.3) is 0 Å². The highest BCUT2D eigenvalue weighted by Gasteiger charge is 2.33. The number of Topliss-reactive ketones (excluding diaryl/α,β-unsaturated/α-hetero) is 2. The molecule has 14 heteroatoms. The van der Waals surface area contributed by atoms with Crippen molar-refractivity contribution in [3.8, 4) is 22.6 Å². The zero-order valence-corrected chi connectivity index (χ0v) is 38.0. The first-order chi connectivity index (χ1) is 29.5. The second-order valence-electron chi connectivity index (χ2n) is 17.3. The van der Waals surface area contributed by atoms with E-state index in [4.69, 9.17) is 5.73 Å². The van der Waals surface area contributed by atoms with Crippen LogP contribution in [0.3, 0.4) is 0 Å². The minimum Gasteiger partial charge on any atom is -0.507 e. The third-order valence-corrected chi connectivity index (χ3v) is 12.1. The molecule has 0 saturated carbocycles. The topological polar surface area (TPSA) is 220 Å². The number of aliphatic hydroxyl groups excluding tert-OH is 1. The molecule has 1 aliphatic rings. The van der Waals surface area contributed by atoms with Crippen molar-refractivity contribution in [2.45, 2.75) is 167 Å². The number of fused-ring (bicyclic) bond motifs is 5. The van der Waals surface area contributed by atoms with Gasteiger partial charge in [-0.2, -0.15) is 0 Å². The monoisotopic (exact) mass is 864 g/mol. The second-order valence-corrected chi connectivity index (χ2v) is 17.3. The third kappa shape index (κ3) is 15.4. The fourth-order valence-electron chi connectivity index (χ4n) is 8.09. The molecule has 0 aromatic heterocycles. The van der Waals surface area contributed by atoms with Crippen LogP contribution in [0.4, 0.5) is 5.69 Å². The number of aromatic hydroxyl groups is 2. The number of carbonyl (C=O) groups is 6. The van der Waals surface area contributed by atoms with Crippen LogP contribution in [-0.2, 0) is 35.2 Å². The molecule has 0 spiro atoms. The molecule has 7 N–H and O–H groups in total. The highest BCUT2D eigenvalue weighted by atomic mass is 16.3. The number of phenols is 2. The van der Waals surface area contributed by atoms with Gasteiger partial charge in [0, 0.05) is 62.9 Å². The molecule has 0 aliphatic carbocycles. The van der Waals surface area contributed by atoms with Gasteiger partial charge in [-0.3, -0.25) is 28.8 Å². The highest BCUT2D eigenvalue weighted by Crippen LogP contribution is 2.42. The lowest BCUT2D eigenvalue weighted by atomic mass is 9.89. The van der Waals surface area contributed by atoms with Gasteiger partial charge in [-0.15, -0.1) is 0 Å².